The Labute approximate surface area is 75.7 Å². The summed E-state index contributed by atoms with van der Waals surface area (Å²) in [4.78, 5) is 0. The maximum atomic E-state index is 5.02. The minimum absolute atomic E-state index is 0.400. The molecule has 1 aliphatic carbocycles. The average Bonchev–Trinajstić information content (AvgIpc) is 2.06. The minimum atomic E-state index is 0.400. The molecule has 1 rings (SSSR count). The topological polar surface area (TPSA) is 21.3 Å². The Kier molecular flexibility index (Phi) is 4.02. The number of nitrogens with one attached hydrogen (secondary N) is 1. The van der Waals surface area contributed by atoms with Crippen molar-refractivity contribution in [2.75, 3.05) is 20.3 Å². The van der Waals surface area contributed by atoms with Crippen molar-refractivity contribution in [3.63, 3.8) is 0 Å². The van der Waals surface area contributed by atoms with Gasteiger partial charge in [-0.1, -0.05) is 19.3 Å². The lowest BCUT2D eigenvalue weighted by Gasteiger charge is -2.34. The first-order valence-electron chi connectivity index (χ1n) is 5.01. The zero-order valence-electron chi connectivity index (χ0n) is 8.36. The van der Waals surface area contributed by atoms with Crippen molar-refractivity contribution < 1.29 is 4.74 Å². The van der Waals surface area contributed by atoms with Crippen molar-refractivity contribution in [3.05, 3.63) is 0 Å². The molecule has 2 heteroatoms. The summed E-state index contributed by atoms with van der Waals surface area (Å²) in [5.41, 5.74) is 0.400. The second kappa shape index (κ2) is 4.83. The second-order valence-corrected chi connectivity index (χ2v) is 4.04. The summed E-state index contributed by atoms with van der Waals surface area (Å²) in [6.07, 6.45) is 6.85. The molecule has 1 fully saturated rings. The van der Waals surface area contributed by atoms with Crippen LogP contribution in [-0.4, -0.2) is 25.8 Å². The first-order valence-corrected chi connectivity index (χ1v) is 5.01. The van der Waals surface area contributed by atoms with Gasteiger partial charge in [0.1, 0.15) is 0 Å². The highest BCUT2D eigenvalue weighted by molar-refractivity contribution is 4.85. The van der Waals surface area contributed by atoms with E-state index in [9.17, 15) is 0 Å². The van der Waals surface area contributed by atoms with Gasteiger partial charge in [0.2, 0.25) is 0 Å². The highest BCUT2D eigenvalue weighted by Crippen LogP contribution is 2.27. The van der Waals surface area contributed by atoms with Gasteiger partial charge in [-0.2, -0.15) is 0 Å². The van der Waals surface area contributed by atoms with E-state index in [1.807, 2.05) is 0 Å². The molecular weight excluding hydrogens is 150 g/mol. The third kappa shape index (κ3) is 3.11. The standard InChI is InChI=1S/C10H21NO/c1-10(11-8-9-12-2)6-4-3-5-7-10/h11H,3-9H2,1-2H3. The lowest BCUT2D eigenvalue weighted by molar-refractivity contribution is 0.173. The molecule has 1 saturated carbocycles. The van der Waals surface area contributed by atoms with Crippen molar-refractivity contribution in [1.29, 1.82) is 0 Å². The van der Waals surface area contributed by atoms with Crippen molar-refractivity contribution in [3.8, 4) is 0 Å². The summed E-state index contributed by atoms with van der Waals surface area (Å²) >= 11 is 0. The quantitative estimate of drug-likeness (QED) is 0.653. The summed E-state index contributed by atoms with van der Waals surface area (Å²) < 4.78 is 5.02. The van der Waals surface area contributed by atoms with E-state index in [-0.39, 0.29) is 0 Å². The smallest absolute Gasteiger partial charge is 0.0587 e. The largest absolute Gasteiger partial charge is 0.383 e. The molecule has 0 unspecified atom stereocenters. The zero-order valence-corrected chi connectivity index (χ0v) is 8.36. The Morgan fingerprint density at radius 3 is 2.50 bits per heavy atom. The van der Waals surface area contributed by atoms with Gasteiger partial charge in [-0.05, 0) is 19.8 Å². The second-order valence-electron chi connectivity index (χ2n) is 4.04. The Hall–Kier alpha value is -0.0800. The number of methoxy groups -OCH3 is 1. The lowest BCUT2D eigenvalue weighted by atomic mass is 9.83. The Morgan fingerprint density at radius 2 is 1.92 bits per heavy atom. The fourth-order valence-electron chi connectivity index (χ4n) is 1.96. The van der Waals surface area contributed by atoms with Gasteiger partial charge in [-0.15, -0.1) is 0 Å². The SMILES string of the molecule is COCCNC1(C)CCCCC1. The molecule has 1 aliphatic rings. The average molecular weight is 171 g/mol. The maximum absolute atomic E-state index is 5.02. The molecule has 0 aromatic heterocycles. The van der Waals surface area contributed by atoms with Crippen LogP contribution < -0.4 is 5.32 Å². The number of hydrogen-bond acceptors (Lipinski definition) is 2. The molecule has 0 bridgehead atoms. The molecule has 12 heavy (non-hydrogen) atoms. The van der Waals surface area contributed by atoms with Gasteiger partial charge in [0, 0.05) is 19.2 Å². The maximum Gasteiger partial charge on any atom is 0.0587 e. The van der Waals surface area contributed by atoms with Crippen LogP contribution in [0.1, 0.15) is 39.0 Å². The normalized spacial score (nSPS) is 22.5. The summed E-state index contributed by atoms with van der Waals surface area (Å²) in [6.45, 7) is 4.16. The molecule has 2 nitrogen and oxygen atoms in total. The Morgan fingerprint density at radius 1 is 1.25 bits per heavy atom. The predicted molar refractivity (Wildman–Crippen MR) is 51.4 cm³/mol. The molecule has 0 saturated heterocycles. The van der Waals surface area contributed by atoms with Crippen molar-refractivity contribution in [2.24, 2.45) is 0 Å². The van der Waals surface area contributed by atoms with Crippen molar-refractivity contribution in [2.45, 2.75) is 44.6 Å². The molecule has 0 aliphatic heterocycles. The molecule has 1 N–H and O–H groups in total. The van der Waals surface area contributed by atoms with Crippen LogP contribution in [0.4, 0.5) is 0 Å². The third-order valence-electron chi connectivity index (χ3n) is 2.82. The third-order valence-corrected chi connectivity index (χ3v) is 2.82. The van der Waals surface area contributed by atoms with Crippen LogP contribution in [0, 0.1) is 0 Å². The first kappa shape index (κ1) is 10.0. The van der Waals surface area contributed by atoms with Gasteiger partial charge in [0.15, 0.2) is 0 Å². The monoisotopic (exact) mass is 171 g/mol. The van der Waals surface area contributed by atoms with Gasteiger partial charge in [-0.25, -0.2) is 0 Å². The van der Waals surface area contributed by atoms with Crippen LogP contribution in [-0.2, 0) is 4.74 Å². The van der Waals surface area contributed by atoms with Crippen LogP contribution in [0.2, 0.25) is 0 Å². The van der Waals surface area contributed by atoms with Crippen LogP contribution in [0.5, 0.6) is 0 Å². The summed E-state index contributed by atoms with van der Waals surface area (Å²) in [5, 5.41) is 3.57. The molecule has 0 amide bonds. The van der Waals surface area contributed by atoms with Crippen LogP contribution >= 0.6 is 0 Å². The lowest BCUT2D eigenvalue weighted by Crippen LogP contribution is -2.45. The minimum Gasteiger partial charge on any atom is -0.383 e. The van der Waals surface area contributed by atoms with Crippen LogP contribution in [0.3, 0.4) is 0 Å². The molecular formula is C10H21NO. The molecule has 0 radical (unpaired) electrons. The van der Waals surface area contributed by atoms with E-state index in [4.69, 9.17) is 4.74 Å². The van der Waals surface area contributed by atoms with E-state index in [0.29, 0.717) is 5.54 Å². The van der Waals surface area contributed by atoms with E-state index in [0.717, 1.165) is 13.2 Å². The van der Waals surface area contributed by atoms with Gasteiger partial charge < -0.3 is 10.1 Å². The van der Waals surface area contributed by atoms with Gasteiger partial charge >= 0.3 is 0 Å². The summed E-state index contributed by atoms with van der Waals surface area (Å²) in [5.74, 6) is 0. The van der Waals surface area contributed by atoms with Crippen LogP contribution in [0.15, 0.2) is 0 Å². The van der Waals surface area contributed by atoms with Crippen molar-refractivity contribution >= 4 is 0 Å². The van der Waals surface area contributed by atoms with Gasteiger partial charge in [0.05, 0.1) is 6.61 Å². The van der Waals surface area contributed by atoms with E-state index in [1.54, 1.807) is 7.11 Å². The molecule has 72 valence electrons. The Bertz CT molecular complexity index is 119. The molecule has 0 atom stereocenters. The zero-order chi connectivity index (χ0) is 8.86. The molecule has 0 aromatic rings. The summed E-state index contributed by atoms with van der Waals surface area (Å²) in [6, 6.07) is 0. The number of rotatable bonds is 4. The van der Waals surface area contributed by atoms with Gasteiger partial charge in [0.25, 0.3) is 0 Å². The first-order chi connectivity index (χ1) is 5.77. The highest BCUT2D eigenvalue weighted by atomic mass is 16.5. The fourth-order valence-corrected chi connectivity index (χ4v) is 1.96. The molecule has 0 heterocycles. The van der Waals surface area contributed by atoms with Crippen molar-refractivity contribution in [1.82, 2.24) is 5.32 Å². The Balaban J connectivity index is 2.17. The van der Waals surface area contributed by atoms with E-state index < -0.39 is 0 Å². The number of ether oxygens (including phenoxy) is 1. The van der Waals surface area contributed by atoms with E-state index >= 15 is 0 Å². The predicted octanol–water partition coefficient (Wildman–Crippen LogP) is 1.95. The molecule has 0 aromatic carbocycles. The molecule has 0 spiro atoms. The highest BCUT2D eigenvalue weighted by Gasteiger charge is 2.25. The van der Waals surface area contributed by atoms with Gasteiger partial charge in [-0.3, -0.25) is 0 Å². The van der Waals surface area contributed by atoms with Crippen LogP contribution in [0.25, 0.3) is 0 Å². The van der Waals surface area contributed by atoms with E-state index in [1.165, 1.54) is 32.1 Å². The summed E-state index contributed by atoms with van der Waals surface area (Å²) in [7, 11) is 1.75. The number of hydrogen-bond donors (Lipinski definition) is 1. The van der Waals surface area contributed by atoms with E-state index in [2.05, 4.69) is 12.2 Å². The fraction of sp³-hybridized carbons (Fsp3) is 1.00.